The molecule has 1 heterocycles. The van der Waals surface area contributed by atoms with Gasteiger partial charge in [0.15, 0.2) is 0 Å². The molecule has 2 unspecified atom stereocenters. The van der Waals surface area contributed by atoms with Crippen molar-refractivity contribution in [2.45, 2.75) is 25.8 Å². The molecule has 0 saturated carbocycles. The van der Waals surface area contributed by atoms with Crippen LogP contribution in [0.3, 0.4) is 0 Å². The lowest BCUT2D eigenvalue weighted by Crippen LogP contribution is -2.45. The van der Waals surface area contributed by atoms with Gasteiger partial charge < -0.3 is 15.0 Å². The SMILES string of the molecule is CNC1CCC(C)CN(CCOC)C1=O. The normalized spacial score (nSPS) is 27.9. The van der Waals surface area contributed by atoms with Crippen molar-refractivity contribution in [2.75, 3.05) is 33.9 Å². The van der Waals surface area contributed by atoms with Crippen LogP contribution in [0.4, 0.5) is 0 Å². The Kier molecular flexibility index (Phi) is 5.05. The van der Waals surface area contributed by atoms with E-state index in [1.807, 2.05) is 11.9 Å². The Morgan fingerprint density at radius 2 is 2.27 bits per heavy atom. The van der Waals surface area contributed by atoms with Crippen molar-refractivity contribution in [3.63, 3.8) is 0 Å². The fraction of sp³-hybridized carbons (Fsp3) is 0.909. The molecule has 0 bridgehead atoms. The summed E-state index contributed by atoms with van der Waals surface area (Å²) in [5.41, 5.74) is 0. The van der Waals surface area contributed by atoms with Crippen LogP contribution in [-0.2, 0) is 9.53 Å². The molecule has 0 aromatic carbocycles. The summed E-state index contributed by atoms with van der Waals surface area (Å²) in [4.78, 5) is 14.0. The van der Waals surface area contributed by atoms with Crippen molar-refractivity contribution >= 4 is 5.91 Å². The van der Waals surface area contributed by atoms with Crippen LogP contribution in [0.15, 0.2) is 0 Å². The Hall–Kier alpha value is -0.610. The van der Waals surface area contributed by atoms with Gasteiger partial charge in [0.05, 0.1) is 12.6 Å². The molecule has 1 fully saturated rings. The number of likely N-dealkylation sites (tertiary alicyclic amines) is 1. The van der Waals surface area contributed by atoms with E-state index in [4.69, 9.17) is 4.74 Å². The second-order valence-electron chi connectivity index (χ2n) is 4.30. The highest BCUT2D eigenvalue weighted by molar-refractivity contribution is 5.82. The van der Waals surface area contributed by atoms with E-state index in [0.29, 0.717) is 19.1 Å². The molecule has 0 aromatic heterocycles. The topological polar surface area (TPSA) is 41.6 Å². The Labute approximate surface area is 92.0 Å². The van der Waals surface area contributed by atoms with Crippen molar-refractivity contribution in [2.24, 2.45) is 5.92 Å². The molecule has 0 spiro atoms. The first-order valence-electron chi connectivity index (χ1n) is 5.64. The maximum Gasteiger partial charge on any atom is 0.239 e. The number of hydrogen-bond acceptors (Lipinski definition) is 3. The van der Waals surface area contributed by atoms with E-state index >= 15 is 0 Å². The highest BCUT2D eigenvalue weighted by Gasteiger charge is 2.27. The number of nitrogens with one attached hydrogen (secondary N) is 1. The third-order valence-corrected chi connectivity index (χ3v) is 3.00. The number of nitrogens with zero attached hydrogens (tertiary/aromatic N) is 1. The number of amides is 1. The zero-order valence-corrected chi connectivity index (χ0v) is 9.95. The molecule has 2 atom stereocenters. The molecule has 1 rings (SSSR count). The van der Waals surface area contributed by atoms with E-state index in [-0.39, 0.29) is 11.9 Å². The van der Waals surface area contributed by atoms with Gasteiger partial charge in [-0.1, -0.05) is 6.92 Å². The minimum absolute atomic E-state index is 0.00759. The smallest absolute Gasteiger partial charge is 0.239 e. The first-order valence-corrected chi connectivity index (χ1v) is 5.64. The quantitative estimate of drug-likeness (QED) is 0.740. The van der Waals surface area contributed by atoms with E-state index in [1.54, 1.807) is 7.11 Å². The van der Waals surface area contributed by atoms with Gasteiger partial charge in [-0.25, -0.2) is 0 Å². The van der Waals surface area contributed by atoms with E-state index in [0.717, 1.165) is 19.4 Å². The van der Waals surface area contributed by atoms with Gasteiger partial charge in [0.25, 0.3) is 0 Å². The van der Waals surface area contributed by atoms with Gasteiger partial charge in [0, 0.05) is 20.2 Å². The summed E-state index contributed by atoms with van der Waals surface area (Å²) in [7, 11) is 3.52. The number of rotatable bonds is 4. The van der Waals surface area contributed by atoms with Gasteiger partial charge in [-0.2, -0.15) is 0 Å². The lowest BCUT2D eigenvalue weighted by Gasteiger charge is -2.24. The third kappa shape index (κ3) is 3.47. The number of ether oxygens (including phenoxy) is 1. The van der Waals surface area contributed by atoms with E-state index < -0.39 is 0 Å². The second kappa shape index (κ2) is 6.08. The molecule has 0 aliphatic carbocycles. The van der Waals surface area contributed by atoms with Crippen LogP contribution in [-0.4, -0.2) is 50.7 Å². The summed E-state index contributed by atoms with van der Waals surface area (Å²) < 4.78 is 5.02. The fourth-order valence-corrected chi connectivity index (χ4v) is 2.02. The molecular weight excluding hydrogens is 192 g/mol. The van der Waals surface area contributed by atoms with Crippen LogP contribution in [0, 0.1) is 5.92 Å². The molecule has 1 aliphatic rings. The van der Waals surface area contributed by atoms with Crippen molar-refractivity contribution in [1.29, 1.82) is 0 Å². The van der Waals surface area contributed by atoms with E-state index in [9.17, 15) is 4.79 Å². The number of hydrogen-bond donors (Lipinski definition) is 1. The summed E-state index contributed by atoms with van der Waals surface area (Å²) in [5.74, 6) is 0.808. The summed E-state index contributed by atoms with van der Waals surface area (Å²) in [5, 5.41) is 3.09. The minimum atomic E-state index is -0.00759. The molecule has 4 nitrogen and oxygen atoms in total. The van der Waals surface area contributed by atoms with Crippen molar-refractivity contribution in [1.82, 2.24) is 10.2 Å². The van der Waals surface area contributed by atoms with Crippen LogP contribution in [0.25, 0.3) is 0 Å². The number of likely N-dealkylation sites (N-methyl/N-ethyl adjacent to an activating group) is 1. The Morgan fingerprint density at radius 1 is 1.53 bits per heavy atom. The summed E-state index contributed by atoms with van der Waals surface area (Å²) in [6.45, 7) is 4.39. The largest absolute Gasteiger partial charge is 0.383 e. The molecule has 0 radical (unpaired) electrons. The van der Waals surface area contributed by atoms with Gasteiger partial charge in [-0.3, -0.25) is 4.79 Å². The standard InChI is InChI=1S/C11H22N2O2/c1-9-4-5-10(12-2)11(14)13(8-9)6-7-15-3/h9-10,12H,4-8H2,1-3H3. The monoisotopic (exact) mass is 214 g/mol. The average molecular weight is 214 g/mol. The molecule has 88 valence electrons. The van der Waals surface area contributed by atoms with Crippen molar-refractivity contribution in [3.05, 3.63) is 0 Å². The number of methoxy groups -OCH3 is 1. The molecule has 1 N–H and O–H groups in total. The predicted octanol–water partition coefficient (Wildman–Crippen LogP) is 0.479. The zero-order valence-electron chi connectivity index (χ0n) is 9.95. The summed E-state index contributed by atoms with van der Waals surface area (Å²) in [6, 6.07) is -0.00759. The van der Waals surface area contributed by atoms with Gasteiger partial charge in [-0.05, 0) is 25.8 Å². The van der Waals surface area contributed by atoms with E-state index in [2.05, 4.69) is 12.2 Å². The lowest BCUT2D eigenvalue weighted by molar-refractivity contribution is -0.133. The predicted molar refractivity (Wildman–Crippen MR) is 59.7 cm³/mol. The van der Waals surface area contributed by atoms with Crippen LogP contribution < -0.4 is 5.32 Å². The zero-order chi connectivity index (χ0) is 11.3. The Bertz CT molecular complexity index is 209. The van der Waals surface area contributed by atoms with E-state index in [1.165, 1.54) is 0 Å². The maximum absolute atomic E-state index is 12.0. The van der Waals surface area contributed by atoms with Gasteiger partial charge in [0.2, 0.25) is 5.91 Å². The van der Waals surface area contributed by atoms with Crippen LogP contribution in [0.2, 0.25) is 0 Å². The second-order valence-corrected chi connectivity index (χ2v) is 4.30. The fourth-order valence-electron chi connectivity index (χ4n) is 2.02. The molecule has 0 aromatic rings. The highest BCUT2D eigenvalue weighted by atomic mass is 16.5. The molecule has 15 heavy (non-hydrogen) atoms. The Morgan fingerprint density at radius 3 is 2.87 bits per heavy atom. The minimum Gasteiger partial charge on any atom is -0.383 e. The van der Waals surface area contributed by atoms with Crippen LogP contribution in [0.5, 0.6) is 0 Å². The molecule has 1 aliphatic heterocycles. The molecule has 1 amide bonds. The van der Waals surface area contributed by atoms with Crippen LogP contribution in [0.1, 0.15) is 19.8 Å². The average Bonchev–Trinajstić information content (AvgIpc) is 2.36. The first-order chi connectivity index (χ1) is 7.19. The molecule has 4 heteroatoms. The van der Waals surface area contributed by atoms with Crippen molar-refractivity contribution < 1.29 is 9.53 Å². The summed E-state index contributed by atoms with van der Waals surface area (Å²) in [6.07, 6.45) is 2.06. The van der Waals surface area contributed by atoms with Crippen LogP contribution >= 0.6 is 0 Å². The van der Waals surface area contributed by atoms with Gasteiger partial charge in [0.1, 0.15) is 0 Å². The highest BCUT2D eigenvalue weighted by Crippen LogP contribution is 2.16. The maximum atomic E-state index is 12.0. The molecular formula is C11H22N2O2. The van der Waals surface area contributed by atoms with Crippen molar-refractivity contribution in [3.8, 4) is 0 Å². The lowest BCUT2D eigenvalue weighted by atomic mass is 10.0. The third-order valence-electron chi connectivity index (χ3n) is 3.00. The Balaban J connectivity index is 2.59. The van der Waals surface area contributed by atoms with Gasteiger partial charge in [-0.15, -0.1) is 0 Å². The first kappa shape index (κ1) is 12.5. The van der Waals surface area contributed by atoms with Gasteiger partial charge >= 0.3 is 0 Å². The summed E-state index contributed by atoms with van der Waals surface area (Å²) >= 11 is 0. The number of carbonyl (C=O) groups excluding carboxylic acids is 1. The molecule has 1 saturated heterocycles. The number of carbonyl (C=O) groups is 1.